The minimum Gasteiger partial charge on any atom is -0.330 e. The van der Waals surface area contributed by atoms with Crippen molar-refractivity contribution in [1.82, 2.24) is 15.4 Å². The van der Waals surface area contributed by atoms with Crippen molar-refractivity contribution in [3.63, 3.8) is 0 Å². The van der Waals surface area contributed by atoms with Crippen LogP contribution < -0.4 is 21.1 Å². The summed E-state index contributed by atoms with van der Waals surface area (Å²) in [5, 5.41) is 6.99. The second-order valence-electron chi connectivity index (χ2n) is 8.50. The summed E-state index contributed by atoms with van der Waals surface area (Å²) in [6.07, 6.45) is 25.2. The molecule has 4 rings (SSSR count). The van der Waals surface area contributed by atoms with Gasteiger partial charge >= 0.3 is 0 Å². The van der Waals surface area contributed by atoms with Crippen molar-refractivity contribution < 1.29 is 0 Å². The highest BCUT2D eigenvalue weighted by atomic mass is 32.2. The van der Waals surface area contributed by atoms with Crippen LogP contribution in [0.1, 0.15) is 25.7 Å². The van der Waals surface area contributed by atoms with Crippen LogP contribution in [0.2, 0.25) is 0 Å². The Morgan fingerprint density at radius 3 is 2.16 bits per heavy atom. The number of allylic oxidation sites excluding steroid dienone is 13. The van der Waals surface area contributed by atoms with Gasteiger partial charge < -0.3 is 16.4 Å². The summed E-state index contributed by atoms with van der Waals surface area (Å²) >= 11 is 1.79. The molecule has 0 aromatic carbocycles. The van der Waals surface area contributed by atoms with Crippen molar-refractivity contribution in [3.8, 4) is 0 Å². The Morgan fingerprint density at radius 2 is 1.35 bits per heavy atom. The van der Waals surface area contributed by atoms with Crippen molar-refractivity contribution in [2.24, 2.45) is 17.6 Å². The van der Waals surface area contributed by atoms with Crippen molar-refractivity contribution in [3.05, 3.63) is 81.9 Å². The molecular formula is C26H36N4S. The van der Waals surface area contributed by atoms with Gasteiger partial charge in [-0.05, 0) is 98.7 Å². The molecule has 0 amide bonds. The number of unbranched alkanes of at least 4 members (excludes halogenated alkanes) is 1. The van der Waals surface area contributed by atoms with Gasteiger partial charge in [0.1, 0.15) is 0 Å². The lowest BCUT2D eigenvalue weighted by Crippen LogP contribution is -2.29. The molecule has 2 atom stereocenters. The number of nitrogens with two attached hydrogens (primary N) is 1. The Balaban J connectivity index is 1.15. The summed E-state index contributed by atoms with van der Waals surface area (Å²) in [6.45, 7) is 6.11. The van der Waals surface area contributed by atoms with Crippen LogP contribution in [0.3, 0.4) is 0 Å². The molecule has 0 fully saturated rings. The molecule has 0 heterocycles. The maximum absolute atomic E-state index is 5.49. The van der Waals surface area contributed by atoms with Gasteiger partial charge in [-0.2, -0.15) is 0 Å². The average Bonchev–Trinajstić information content (AvgIpc) is 2.81. The van der Waals surface area contributed by atoms with Gasteiger partial charge in [0.05, 0.1) is 0 Å². The quantitative estimate of drug-likeness (QED) is 0.246. The average molecular weight is 437 g/mol. The highest BCUT2D eigenvalue weighted by molar-refractivity contribution is 8.01. The zero-order chi connectivity index (χ0) is 21.3. The molecular weight excluding hydrogens is 400 g/mol. The number of hydrogen-bond donors (Lipinski definition) is 4. The fourth-order valence-corrected chi connectivity index (χ4v) is 5.51. The third kappa shape index (κ3) is 5.79. The highest BCUT2D eigenvalue weighted by Crippen LogP contribution is 2.50. The Hall–Kier alpha value is -1.63. The van der Waals surface area contributed by atoms with Gasteiger partial charge in [-0.1, -0.05) is 48.6 Å². The first-order valence-electron chi connectivity index (χ1n) is 11.8. The molecule has 4 aliphatic rings. The fraction of sp³-hybridized carbons (Fsp3) is 0.462. The zero-order valence-electron chi connectivity index (χ0n) is 18.4. The SMILES string of the molecule is NCCCNCCCCNCCCNSC1=C2C=CC3=CC=CC4=CC=C(C=C1)C2C34. The van der Waals surface area contributed by atoms with E-state index in [4.69, 9.17) is 5.73 Å². The van der Waals surface area contributed by atoms with E-state index in [1.807, 2.05) is 0 Å². The van der Waals surface area contributed by atoms with E-state index >= 15 is 0 Å². The van der Waals surface area contributed by atoms with Gasteiger partial charge in [0.2, 0.25) is 0 Å². The highest BCUT2D eigenvalue weighted by Gasteiger charge is 2.38. The van der Waals surface area contributed by atoms with E-state index in [-0.39, 0.29) is 0 Å². The van der Waals surface area contributed by atoms with Crippen LogP contribution in [0.4, 0.5) is 0 Å². The van der Waals surface area contributed by atoms with Crippen LogP contribution >= 0.6 is 11.9 Å². The van der Waals surface area contributed by atoms with Crippen LogP contribution in [0.25, 0.3) is 0 Å². The van der Waals surface area contributed by atoms with Crippen molar-refractivity contribution in [1.29, 1.82) is 0 Å². The van der Waals surface area contributed by atoms with Crippen LogP contribution in [0.5, 0.6) is 0 Å². The Kier molecular flexibility index (Phi) is 8.62. The molecule has 4 aliphatic carbocycles. The summed E-state index contributed by atoms with van der Waals surface area (Å²) < 4.78 is 3.59. The molecule has 4 nitrogen and oxygen atoms in total. The summed E-state index contributed by atoms with van der Waals surface area (Å²) in [7, 11) is 0. The molecule has 31 heavy (non-hydrogen) atoms. The maximum atomic E-state index is 5.49. The van der Waals surface area contributed by atoms with E-state index < -0.39 is 0 Å². The van der Waals surface area contributed by atoms with Gasteiger partial charge in [-0.25, -0.2) is 0 Å². The molecule has 0 bridgehead atoms. The van der Waals surface area contributed by atoms with E-state index in [0.29, 0.717) is 11.8 Å². The third-order valence-electron chi connectivity index (χ3n) is 6.29. The molecule has 0 aromatic heterocycles. The predicted octanol–water partition coefficient (Wildman–Crippen LogP) is 3.91. The first kappa shape index (κ1) is 22.6. The molecule has 0 spiro atoms. The minimum absolute atomic E-state index is 0.474. The van der Waals surface area contributed by atoms with E-state index in [1.54, 1.807) is 11.9 Å². The molecule has 0 radical (unpaired) electrons. The van der Waals surface area contributed by atoms with E-state index in [1.165, 1.54) is 40.0 Å². The first-order valence-corrected chi connectivity index (χ1v) is 12.6. The third-order valence-corrected chi connectivity index (χ3v) is 7.23. The zero-order valence-corrected chi connectivity index (χ0v) is 19.2. The van der Waals surface area contributed by atoms with Crippen LogP contribution in [0.15, 0.2) is 81.9 Å². The molecule has 5 N–H and O–H groups in total. The van der Waals surface area contributed by atoms with Gasteiger partial charge in [0.15, 0.2) is 0 Å². The lowest BCUT2D eigenvalue weighted by atomic mass is 9.64. The van der Waals surface area contributed by atoms with E-state index in [2.05, 4.69) is 70.0 Å². The second kappa shape index (κ2) is 11.8. The van der Waals surface area contributed by atoms with Crippen molar-refractivity contribution in [2.75, 3.05) is 39.3 Å². The van der Waals surface area contributed by atoms with Gasteiger partial charge in [-0.15, -0.1) is 0 Å². The maximum Gasteiger partial charge on any atom is 0.0266 e. The van der Waals surface area contributed by atoms with Crippen molar-refractivity contribution in [2.45, 2.75) is 25.7 Å². The first-order chi connectivity index (χ1) is 15.4. The molecule has 0 aliphatic heterocycles. The molecule has 166 valence electrons. The molecule has 0 saturated carbocycles. The fourth-order valence-electron chi connectivity index (χ4n) is 4.66. The lowest BCUT2D eigenvalue weighted by Gasteiger charge is -2.40. The molecule has 2 unspecified atom stereocenters. The van der Waals surface area contributed by atoms with Crippen LogP contribution in [-0.2, 0) is 0 Å². The topological polar surface area (TPSA) is 62.1 Å². The molecule has 0 aromatic rings. The Morgan fingerprint density at radius 1 is 0.677 bits per heavy atom. The Labute approximate surface area is 191 Å². The largest absolute Gasteiger partial charge is 0.330 e. The van der Waals surface area contributed by atoms with Gasteiger partial charge in [0.25, 0.3) is 0 Å². The normalized spacial score (nSPS) is 22.9. The van der Waals surface area contributed by atoms with E-state index in [0.717, 1.165) is 52.1 Å². The van der Waals surface area contributed by atoms with Crippen molar-refractivity contribution >= 4 is 11.9 Å². The van der Waals surface area contributed by atoms with Gasteiger partial charge in [0, 0.05) is 23.3 Å². The smallest absolute Gasteiger partial charge is 0.0266 e. The molecule has 0 saturated heterocycles. The standard InChI is InChI=1S/C26H36N4S/c27-14-4-17-28-15-1-2-16-29-18-5-19-30-31-24-13-11-22-9-8-20-6-3-7-21-10-12-23(24)26(22)25(20)21/h3,6-13,25-26,28-30H,1-2,4-5,14-19,27H2. The van der Waals surface area contributed by atoms with E-state index in [9.17, 15) is 0 Å². The van der Waals surface area contributed by atoms with Crippen LogP contribution in [-0.4, -0.2) is 39.3 Å². The number of nitrogens with one attached hydrogen (secondary N) is 3. The predicted molar refractivity (Wildman–Crippen MR) is 135 cm³/mol. The monoisotopic (exact) mass is 436 g/mol. The Bertz CT molecular complexity index is 843. The molecule has 5 heteroatoms. The minimum atomic E-state index is 0.474. The summed E-state index contributed by atoms with van der Waals surface area (Å²) in [5.41, 5.74) is 11.3. The number of rotatable bonds is 14. The second-order valence-corrected chi connectivity index (χ2v) is 9.43. The summed E-state index contributed by atoms with van der Waals surface area (Å²) in [5.74, 6) is 0.965. The summed E-state index contributed by atoms with van der Waals surface area (Å²) in [6, 6.07) is 0. The lowest BCUT2D eigenvalue weighted by molar-refractivity contribution is 0.563. The summed E-state index contributed by atoms with van der Waals surface area (Å²) in [4.78, 5) is 1.36. The number of hydrogen-bond acceptors (Lipinski definition) is 5. The van der Waals surface area contributed by atoms with Crippen LogP contribution in [0, 0.1) is 11.8 Å². The van der Waals surface area contributed by atoms with Gasteiger partial charge in [-0.3, -0.25) is 4.72 Å².